The first-order chi connectivity index (χ1) is 14.4. The summed E-state index contributed by atoms with van der Waals surface area (Å²) in [5.74, 6) is 3.19. The Kier molecular flexibility index (Phi) is 5.94. The van der Waals surface area contributed by atoms with E-state index in [0.717, 1.165) is 43.9 Å². The molecule has 3 N–H and O–H groups in total. The normalized spacial score (nSPS) is 21.5. The van der Waals surface area contributed by atoms with E-state index in [2.05, 4.69) is 19.9 Å². The molecule has 0 radical (unpaired) electrons. The molecule has 2 aromatic heterocycles. The van der Waals surface area contributed by atoms with Crippen molar-refractivity contribution in [2.45, 2.75) is 32.6 Å². The van der Waals surface area contributed by atoms with Crippen LogP contribution >= 0.6 is 11.6 Å². The Morgan fingerprint density at radius 2 is 1.97 bits per heavy atom. The summed E-state index contributed by atoms with van der Waals surface area (Å²) < 4.78 is 0. The number of carboxylic acid groups (broad SMARTS) is 1. The highest BCUT2D eigenvalue weighted by atomic mass is 35.5. The molecule has 2 aromatic rings. The van der Waals surface area contributed by atoms with Crippen molar-refractivity contribution in [3.8, 4) is 0 Å². The van der Waals surface area contributed by atoms with Gasteiger partial charge >= 0.3 is 6.09 Å². The van der Waals surface area contributed by atoms with Gasteiger partial charge < -0.3 is 15.7 Å². The van der Waals surface area contributed by atoms with Crippen molar-refractivity contribution in [1.29, 1.82) is 0 Å². The number of nitrogens with zero attached hydrogens (tertiary/aromatic N) is 5. The third-order valence-corrected chi connectivity index (χ3v) is 6.49. The molecule has 1 saturated heterocycles. The topological polar surface area (TPSA) is 108 Å². The third-order valence-electron chi connectivity index (χ3n) is 6.29. The second-order valence-electron chi connectivity index (χ2n) is 8.32. The van der Waals surface area contributed by atoms with Crippen LogP contribution in [0.4, 0.5) is 22.2 Å². The summed E-state index contributed by atoms with van der Waals surface area (Å²) in [5, 5.41) is 10.2. The Balaban J connectivity index is 1.28. The molecule has 0 spiro atoms. The van der Waals surface area contributed by atoms with E-state index in [4.69, 9.17) is 17.3 Å². The second-order valence-corrected chi connectivity index (χ2v) is 8.75. The molecule has 2 atom stereocenters. The predicted octanol–water partition coefficient (Wildman–Crippen LogP) is 3.84. The molecule has 1 aliphatic heterocycles. The molecule has 1 amide bonds. The number of piperidine rings is 1. The largest absolute Gasteiger partial charge is 0.465 e. The lowest BCUT2D eigenvalue weighted by Gasteiger charge is -2.32. The maximum absolute atomic E-state index is 11.8. The summed E-state index contributed by atoms with van der Waals surface area (Å²) in [5.41, 5.74) is 7.06. The van der Waals surface area contributed by atoms with Gasteiger partial charge in [-0.3, -0.25) is 4.90 Å². The van der Waals surface area contributed by atoms with Gasteiger partial charge in [0.05, 0.1) is 29.3 Å². The van der Waals surface area contributed by atoms with E-state index in [1.54, 1.807) is 18.5 Å². The van der Waals surface area contributed by atoms with E-state index in [-0.39, 0.29) is 0 Å². The minimum absolute atomic E-state index is 0.464. The quantitative estimate of drug-likeness (QED) is 0.716. The average molecular weight is 431 g/mol. The molecule has 4 rings (SSSR count). The number of carbonyl (C=O) groups is 1. The van der Waals surface area contributed by atoms with Gasteiger partial charge in [0, 0.05) is 19.6 Å². The van der Waals surface area contributed by atoms with Crippen LogP contribution in [0.3, 0.4) is 0 Å². The van der Waals surface area contributed by atoms with Crippen LogP contribution in [-0.2, 0) is 0 Å². The number of hydrogen-bond donors (Lipinski definition) is 2. The van der Waals surface area contributed by atoms with E-state index < -0.39 is 6.09 Å². The number of hydrogen-bond acceptors (Lipinski definition) is 6. The SMILES string of the molecule is Cc1cc(N)cnc1N(CC[C@@H]1C[C@@H]1C1CCN(c2ncc(Cl)cn2)CC1)C(=O)O. The molecule has 30 heavy (non-hydrogen) atoms. The Labute approximate surface area is 181 Å². The monoisotopic (exact) mass is 430 g/mol. The Morgan fingerprint density at radius 3 is 2.60 bits per heavy atom. The number of pyridine rings is 1. The van der Waals surface area contributed by atoms with Gasteiger partial charge in [-0.2, -0.15) is 0 Å². The molecule has 0 bridgehead atoms. The number of nitrogen functional groups attached to an aromatic ring is 1. The van der Waals surface area contributed by atoms with Gasteiger partial charge in [-0.1, -0.05) is 11.6 Å². The van der Waals surface area contributed by atoms with E-state index >= 15 is 0 Å². The average Bonchev–Trinajstić information content (AvgIpc) is 3.50. The fraction of sp³-hybridized carbons (Fsp3) is 0.524. The summed E-state index contributed by atoms with van der Waals surface area (Å²) in [6.07, 6.45) is 8.10. The fourth-order valence-corrected chi connectivity index (χ4v) is 4.73. The summed E-state index contributed by atoms with van der Waals surface area (Å²) in [7, 11) is 0. The van der Waals surface area contributed by atoms with Gasteiger partial charge in [-0.05, 0) is 62.0 Å². The van der Waals surface area contributed by atoms with E-state index in [9.17, 15) is 9.90 Å². The summed E-state index contributed by atoms with van der Waals surface area (Å²) in [6.45, 7) is 4.20. The number of aromatic nitrogens is 3. The summed E-state index contributed by atoms with van der Waals surface area (Å²) in [6, 6.07) is 1.76. The van der Waals surface area contributed by atoms with Crippen LogP contribution in [0.15, 0.2) is 24.7 Å². The summed E-state index contributed by atoms with van der Waals surface area (Å²) in [4.78, 5) is 28.2. The predicted molar refractivity (Wildman–Crippen MR) is 117 cm³/mol. The van der Waals surface area contributed by atoms with Crippen LogP contribution < -0.4 is 15.5 Å². The van der Waals surface area contributed by atoms with Gasteiger partial charge in [0.1, 0.15) is 5.82 Å². The molecular weight excluding hydrogens is 404 g/mol. The van der Waals surface area contributed by atoms with Crippen molar-refractivity contribution in [3.63, 3.8) is 0 Å². The fourth-order valence-electron chi connectivity index (χ4n) is 4.64. The Hall–Kier alpha value is -2.61. The zero-order valence-corrected chi connectivity index (χ0v) is 17.8. The van der Waals surface area contributed by atoms with Crippen molar-refractivity contribution in [2.24, 2.45) is 17.8 Å². The van der Waals surface area contributed by atoms with Gasteiger partial charge in [0.2, 0.25) is 5.95 Å². The van der Waals surface area contributed by atoms with Crippen LogP contribution in [0.2, 0.25) is 5.02 Å². The Bertz CT molecular complexity index is 901. The lowest BCUT2D eigenvalue weighted by Crippen LogP contribution is -2.35. The highest BCUT2D eigenvalue weighted by Gasteiger charge is 2.43. The van der Waals surface area contributed by atoms with Crippen molar-refractivity contribution < 1.29 is 9.90 Å². The van der Waals surface area contributed by atoms with E-state index in [0.29, 0.717) is 40.8 Å². The van der Waals surface area contributed by atoms with Crippen LogP contribution in [0.25, 0.3) is 0 Å². The van der Waals surface area contributed by atoms with Crippen molar-refractivity contribution >= 4 is 35.1 Å². The highest BCUT2D eigenvalue weighted by Crippen LogP contribution is 2.50. The van der Waals surface area contributed by atoms with E-state index in [1.807, 2.05) is 6.92 Å². The van der Waals surface area contributed by atoms with Gasteiger partial charge in [0.15, 0.2) is 0 Å². The molecule has 3 heterocycles. The third kappa shape index (κ3) is 4.59. The number of anilines is 3. The smallest absolute Gasteiger partial charge is 0.413 e. The van der Waals surface area contributed by atoms with E-state index in [1.165, 1.54) is 17.5 Å². The van der Waals surface area contributed by atoms with Gasteiger partial charge in [0.25, 0.3) is 0 Å². The molecular formula is C21H27ClN6O2. The molecule has 0 unspecified atom stereocenters. The lowest BCUT2D eigenvalue weighted by molar-refractivity contribution is 0.201. The standard InChI is InChI=1S/C21H27ClN6O2/c1-13-8-17(23)12-24-19(13)28(21(29)30)7-4-15-9-18(15)14-2-5-27(6-3-14)20-25-10-16(22)11-26-20/h8,10-12,14-15,18H,2-7,9,23H2,1H3,(H,29,30)/t15-,18-/m1/s1. The van der Waals surface area contributed by atoms with Gasteiger partial charge in [-0.15, -0.1) is 0 Å². The molecule has 1 saturated carbocycles. The minimum atomic E-state index is -0.969. The second kappa shape index (κ2) is 8.63. The first-order valence-corrected chi connectivity index (χ1v) is 10.7. The van der Waals surface area contributed by atoms with Crippen molar-refractivity contribution in [3.05, 3.63) is 35.2 Å². The molecule has 160 valence electrons. The molecule has 1 aliphatic carbocycles. The van der Waals surface area contributed by atoms with Crippen LogP contribution in [0.5, 0.6) is 0 Å². The maximum atomic E-state index is 11.8. The highest BCUT2D eigenvalue weighted by molar-refractivity contribution is 6.30. The molecule has 2 fully saturated rings. The minimum Gasteiger partial charge on any atom is -0.465 e. The van der Waals surface area contributed by atoms with Crippen molar-refractivity contribution in [2.75, 3.05) is 35.2 Å². The van der Waals surface area contributed by atoms with Crippen LogP contribution in [0, 0.1) is 24.7 Å². The molecule has 2 aliphatic rings. The molecule has 0 aromatic carbocycles. The number of aryl methyl sites for hydroxylation is 1. The zero-order chi connectivity index (χ0) is 21.3. The van der Waals surface area contributed by atoms with Crippen LogP contribution in [-0.4, -0.2) is 45.8 Å². The number of halogens is 1. The summed E-state index contributed by atoms with van der Waals surface area (Å²) >= 11 is 5.87. The number of rotatable bonds is 6. The molecule has 8 nitrogen and oxygen atoms in total. The van der Waals surface area contributed by atoms with Crippen LogP contribution in [0.1, 0.15) is 31.2 Å². The molecule has 9 heteroatoms. The first-order valence-electron chi connectivity index (χ1n) is 10.4. The van der Waals surface area contributed by atoms with Crippen molar-refractivity contribution in [1.82, 2.24) is 15.0 Å². The number of nitrogens with two attached hydrogens (primary N) is 1. The van der Waals surface area contributed by atoms with Gasteiger partial charge in [-0.25, -0.2) is 19.7 Å². The lowest BCUT2D eigenvalue weighted by atomic mass is 9.90. The number of amides is 1. The first kappa shape index (κ1) is 20.7. The Morgan fingerprint density at radius 1 is 1.27 bits per heavy atom. The maximum Gasteiger partial charge on any atom is 0.413 e. The zero-order valence-electron chi connectivity index (χ0n) is 17.0.